The van der Waals surface area contributed by atoms with Crippen LogP contribution in [0.3, 0.4) is 0 Å². The van der Waals surface area contributed by atoms with Crippen molar-refractivity contribution in [1.29, 1.82) is 0 Å². The van der Waals surface area contributed by atoms with Gasteiger partial charge in [0.1, 0.15) is 5.76 Å². The molecule has 2 unspecified atom stereocenters. The molecule has 2 nitrogen and oxygen atoms in total. The van der Waals surface area contributed by atoms with Gasteiger partial charge in [-0.05, 0) is 59.2 Å². The zero-order chi connectivity index (χ0) is 9.54. The smallest absolute Gasteiger partial charge is 0.169 e. The zero-order valence-corrected chi connectivity index (χ0v) is 9.59. The largest absolute Gasteiger partial charge is 0.453 e. The Morgan fingerprint density at radius 2 is 2.07 bits per heavy atom. The second-order valence-corrected chi connectivity index (χ2v) is 5.29. The highest BCUT2D eigenvalue weighted by atomic mass is 79.9. The van der Waals surface area contributed by atoms with Gasteiger partial charge in [-0.2, -0.15) is 0 Å². The number of halogens is 1. The lowest BCUT2D eigenvalue weighted by molar-refractivity contribution is 0.420. The van der Waals surface area contributed by atoms with E-state index in [1.54, 1.807) is 0 Å². The van der Waals surface area contributed by atoms with E-state index < -0.39 is 0 Å². The van der Waals surface area contributed by atoms with Crippen molar-refractivity contribution >= 4 is 15.9 Å². The Bertz CT molecular complexity index is 326. The quantitative estimate of drug-likeness (QED) is 0.899. The van der Waals surface area contributed by atoms with Crippen LogP contribution >= 0.6 is 15.9 Å². The van der Waals surface area contributed by atoms with Crippen molar-refractivity contribution in [3.8, 4) is 0 Å². The lowest BCUT2D eigenvalue weighted by Gasteiger charge is -2.12. The lowest BCUT2D eigenvalue weighted by atomic mass is 10.1. The minimum atomic E-state index is 0.739. The number of rotatable bonds is 3. The molecule has 2 aliphatic rings. The molecule has 2 aliphatic carbocycles. The highest BCUT2D eigenvalue weighted by molar-refractivity contribution is 9.10. The molecule has 1 aromatic rings. The van der Waals surface area contributed by atoms with Crippen LogP contribution in [0.2, 0.25) is 0 Å². The van der Waals surface area contributed by atoms with Crippen LogP contribution in [0.1, 0.15) is 25.0 Å². The van der Waals surface area contributed by atoms with E-state index in [1.165, 1.54) is 19.3 Å². The van der Waals surface area contributed by atoms with Gasteiger partial charge >= 0.3 is 0 Å². The van der Waals surface area contributed by atoms with Gasteiger partial charge in [0, 0.05) is 6.04 Å². The second-order valence-electron chi connectivity index (χ2n) is 4.51. The Labute approximate surface area is 92.2 Å². The van der Waals surface area contributed by atoms with E-state index in [-0.39, 0.29) is 0 Å². The highest BCUT2D eigenvalue weighted by Gasteiger charge is 2.45. The van der Waals surface area contributed by atoms with Crippen LogP contribution in [-0.2, 0) is 6.54 Å². The molecule has 0 spiro atoms. The first-order valence-corrected chi connectivity index (χ1v) is 6.08. The van der Waals surface area contributed by atoms with E-state index in [0.29, 0.717) is 0 Å². The van der Waals surface area contributed by atoms with Gasteiger partial charge in [-0.15, -0.1) is 0 Å². The fourth-order valence-corrected chi connectivity index (χ4v) is 2.91. The Balaban J connectivity index is 1.50. The molecule has 0 radical (unpaired) electrons. The first kappa shape index (κ1) is 8.98. The summed E-state index contributed by atoms with van der Waals surface area (Å²) < 4.78 is 6.26. The molecule has 2 saturated carbocycles. The van der Waals surface area contributed by atoms with Crippen molar-refractivity contribution in [2.75, 3.05) is 0 Å². The molecule has 2 atom stereocenters. The summed E-state index contributed by atoms with van der Waals surface area (Å²) in [6, 6.07) is 4.71. The van der Waals surface area contributed by atoms with Gasteiger partial charge in [0.25, 0.3) is 0 Å². The zero-order valence-electron chi connectivity index (χ0n) is 8.00. The van der Waals surface area contributed by atoms with Crippen LogP contribution in [-0.4, -0.2) is 6.04 Å². The standard InChI is InChI=1S/C11H14BrNO/c12-11-2-1-10(14-11)6-13-9-4-7-3-8(7)5-9/h1-2,7-9,13H,3-6H2. The van der Waals surface area contributed by atoms with Crippen LogP contribution in [0.25, 0.3) is 0 Å². The summed E-state index contributed by atoms with van der Waals surface area (Å²) >= 11 is 3.31. The van der Waals surface area contributed by atoms with Gasteiger partial charge in [-0.25, -0.2) is 0 Å². The van der Waals surface area contributed by atoms with Crippen molar-refractivity contribution in [3.63, 3.8) is 0 Å². The maximum absolute atomic E-state index is 5.44. The van der Waals surface area contributed by atoms with Crippen LogP contribution in [0.5, 0.6) is 0 Å². The maximum Gasteiger partial charge on any atom is 0.169 e. The third-order valence-corrected chi connectivity index (χ3v) is 3.86. The molecule has 76 valence electrons. The van der Waals surface area contributed by atoms with Crippen molar-refractivity contribution in [2.45, 2.75) is 31.8 Å². The Morgan fingerprint density at radius 3 is 2.71 bits per heavy atom. The van der Waals surface area contributed by atoms with Crippen molar-refractivity contribution in [2.24, 2.45) is 11.8 Å². The van der Waals surface area contributed by atoms with Crippen LogP contribution < -0.4 is 5.32 Å². The predicted molar refractivity (Wildman–Crippen MR) is 57.9 cm³/mol. The van der Waals surface area contributed by atoms with Gasteiger partial charge < -0.3 is 9.73 Å². The van der Waals surface area contributed by atoms with Crippen LogP contribution in [0, 0.1) is 11.8 Å². The molecule has 0 bridgehead atoms. The summed E-state index contributed by atoms with van der Waals surface area (Å²) in [7, 11) is 0. The van der Waals surface area contributed by atoms with E-state index in [2.05, 4.69) is 21.2 Å². The number of furan rings is 1. The van der Waals surface area contributed by atoms with E-state index >= 15 is 0 Å². The Hall–Kier alpha value is -0.280. The van der Waals surface area contributed by atoms with Gasteiger partial charge in [-0.3, -0.25) is 0 Å². The SMILES string of the molecule is Brc1ccc(CNC2CC3CC3C2)o1. The van der Waals surface area contributed by atoms with E-state index in [9.17, 15) is 0 Å². The van der Waals surface area contributed by atoms with E-state index in [4.69, 9.17) is 4.42 Å². The summed E-state index contributed by atoms with van der Waals surface area (Å²) in [5, 5.41) is 3.56. The summed E-state index contributed by atoms with van der Waals surface area (Å²) in [4.78, 5) is 0. The van der Waals surface area contributed by atoms with Crippen LogP contribution in [0.4, 0.5) is 0 Å². The summed E-state index contributed by atoms with van der Waals surface area (Å²) in [5.41, 5.74) is 0. The summed E-state index contributed by atoms with van der Waals surface area (Å²) in [6.45, 7) is 0.871. The summed E-state index contributed by atoms with van der Waals surface area (Å²) in [6.07, 6.45) is 4.25. The number of fused-ring (bicyclic) bond motifs is 1. The molecule has 0 aliphatic heterocycles. The molecule has 1 N–H and O–H groups in total. The third-order valence-electron chi connectivity index (χ3n) is 3.44. The van der Waals surface area contributed by atoms with Gasteiger partial charge in [0.15, 0.2) is 4.67 Å². The average Bonchev–Trinajstić information content (AvgIpc) is 2.63. The molecule has 14 heavy (non-hydrogen) atoms. The lowest BCUT2D eigenvalue weighted by Crippen LogP contribution is -2.26. The van der Waals surface area contributed by atoms with E-state index in [1.807, 2.05) is 12.1 Å². The van der Waals surface area contributed by atoms with Crippen molar-refractivity contribution in [3.05, 3.63) is 22.6 Å². The molecule has 3 rings (SSSR count). The maximum atomic E-state index is 5.44. The van der Waals surface area contributed by atoms with Gasteiger partial charge in [-0.1, -0.05) is 0 Å². The fourth-order valence-electron chi connectivity index (χ4n) is 2.57. The van der Waals surface area contributed by atoms with Crippen molar-refractivity contribution in [1.82, 2.24) is 5.32 Å². The topological polar surface area (TPSA) is 25.2 Å². The molecule has 0 aromatic carbocycles. The second kappa shape index (κ2) is 3.38. The molecule has 0 saturated heterocycles. The molecule has 2 fully saturated rings. The third kappa shape index (κ3) is 1.75. The molecular weight excluding hydrogens is 242 g/mol. The molecule has 1 heterocycles. The first-order valence-electron chi connectivity index (χ1n) is 5.29. The molecule has 3 heteroatoms. The van der Waals surface area contributed by atoms with Crippen LogP contribution in [0.15, 0.2) is 21.2 Å². The minimum Gasteiger partial charge on any atom is -0.453 e. The number of nitrogens with one attached hydrogen (secondary N) is 1. The Kier molecular flexibility index (Phi) is 2.17. The predicted octanol–water partition coefficient (Wildman–Crippen LogP) is 2.93. The minimum absolute atomic E-state index is 0.739. The van der Waals surface area contributed by atoms with Gasteiger partial charge in [0.05, 0.1) is 6.54 Å². The molecule has 0 amide bonds. The molecular formula is C11H14BrNO. The van der Waals surface area contributed by atoms with E-state index in [0.717, 1.165) is 34.9 Å². The highest BCUT2D eigenvalue weighted by Crippen LogP contribution is 2.51. The number of hydrogen-bond acceptors (Lipinski definition) is 2. The average molecular weight is 256 g/mol. The van der Waals surface area contributed by atoms with Crippen molar-refractivity contribution < 1.29 is 4.42 Å². The molecule has 1 aromatic heterocycles. The summed E-state index contributed by atoms with van der Waals surface area (Å²) in [5.74, 6) is 3.13. The Morgan fingerprint density at radius 1 is 1.29 bits per heavy atom. The first-order chi connectivity index (χ1) is 6.81. The van der Waals surface area contributed by atoms with Gasteiger partial charge in [0.2, 0.25) is 0 Å². The number of hydrogen-bond donors (Lipinski definition) is 1. The normalized spacial score (nSPS) is 34.5. The monoisotopic (exact) mass is 255 g/mol. The fraction of sp³-hybridized carbons (Fsp3) is 0.636.